The predicted molar refractivity (Wildman–Crippen MR) is 50.5 cm³/mol. The molecule has 0 fully saturated rings. The van der Waals surface area contributed by atoms with Crippen molar-refractivity contribution in [2.45, 2.75) is 0 Å². The predicted octanol–water partition coefficient (Wildman–Crippen LogP) is 0.818. The van der Waals surface area contributed by atoms with E-state index in [-0.39, 0.29) is 5.71 Å². The highest BCUT2D eigenvalue weighted by molar-refractivity contribution is 6.37. The van der Waals surface area contributed by atoms with Crippen LogP contribution in [0.5, 0.6) is 0 Å². The van der Waals surface area contributed by atoms with Gasteiger partial charge in [0.1, 0.15) is 7.11 Å². The van der Waals surface area contributed by atoms with E-state index >= 15 is 0 Å². The van der Waals surface area contributed by atoms with Crippen molar-refractivity contribution in [3.8, 4) is 0 Å². The van der Waals surface area contributed by atoms with E-state index in [9.17, 15) is 4.79 Å². The first kappa shape index (κ1) is 9.25. The summed E-state index contributed by atoms with van der Waals surface area (Å²) in [5, 5.41) is 3.54. The van der Waals surface area contributed by atoms with Gasteiger partial charge in [0.05, 0.1) is 0 Å². The van der Waals surface area contributed by atoms with E-state index in [2.05, 4.69) is 9.99 Å². The summed E-state index contributed by atoms with van der Waals surface area (Å²) >= 11 is 0. The number of hydrogen-bond donors (Lipinski definition) is 1. The van der Waals surface area contributed by atoms with Crippen LogP contribution in [0.25, 0.3) is 0 Å². The van der Waals surface area contributed by atoms with Crippen molar-refractivity contribution in [2.24, 2.45) is 5.16 Å². The van der Waals surface area contributed by atoms with Gasteiger partial charge < -0.3 is 10.6 Å². The number of rotatable bonds is 3. The second kappa shape index (κ2) is 4.25. The maximum Gasteiger partial charge on any atom is 0.172 e. The molecule has 0 amide bonds. The van der Waals surface area contributed by atoms with Gasteiger partial charge in [0, 0.05) is 11.3 Å². The number of anilines is 1. The van der Waals surface area contributed by atoms with Crippen molar-refractivity contribution >= 4 is 17.7 Å². The third kappa shape index (κ3) is 2.05. The summed E-state index contributed by atoms with van der Waals surface area (Å²) in [6, 6.07) is 6.97. The van der Waals surface area contributed by atoms with Gasteiger partial charge in [-0.2, -0.15) is 0 Å². The molecule has 2 N–H and O–H groups in total. The Bertz CT molecular complexity index is 334. The van der Waals surface area contributed by atoms with Crippen molar-refractivity contribution in [1.29, 1.82) is 0 Å². The minimum atomic E-state index is 0.195. The van der Waals surface area contributed by atoms with Crippen molar-refractivity contribution < 1.29 is 9.63 Å². The van der Waals surface area contributed by atoms with Crippen molar-refractivity contribution in [2.75, 3.05) is 12.8 Å². The minimum Gasteiger partial charge on any atom is -0.399 e. The van der Waals surface area contributed by atoms with E-state index < -0.39 is 0 Å². The van der Waals surface area contributed by atoms with Gasteiger partial charge in [-0.15, -0.1) is 0 Å². The standard InChI is InChI=1S/C9H10N2O2/c1-13-11-9(6-12)7-4-2-3-5-8(7)10/h2-6H,10H2,1H3. The van der Waals surface area contributed by atoms with Gasteiger partial charge in [-0.1, -0.05) is 23.4 Å². The third-order valence-electron chi connectivity index (χ3n) is 1.54. The quantitative estimate of drug-likeness (QED) is 0.322. The zero-order chi connectivity index (χ0) is 9.68. The smallest absolute Gasteiger partial charge is 0.172 e. The van der Waals surface area contributed by atoms with Gasteiger partial charge in [-0.05, 0) is 6.07 Å². The average molecular weight is 178 g/mol. The highest BCUT2D eigenvalue weighted by Gasteiger charge is 2.05. The lowest BCUT2D eigenvalue weighted by atomic mass is 10.1. The lowest BCUT2D eigenvalue weighted by Crippen LogP contribution is -2.06. The molecule has 0 saturated carbocycles. The third-order valence-corrected chi connectivity index (χ3v) is 1.54. The van der Waals surface area contributed by atoms with Crippen LogP contribution in [-0.4, -0.2) is 19.1 Å². The van der Waals surface area contributed by atoms with Crippen LogP contribution in [-0.2, 0) is 9.63 Å². The number of para-hydroxylation sites is 1. The molecular formula is C9H10N2O2. The van der Waals surface area contributed by atoms with Crippen LogP contribution < -0.4 is 5.73 Å². The summed E-state index contributed by atoms with van der Waals surface area (Å²) < 4.78 is 0. The van der Waals surface area contributed by atoms with Crippen molar-refractivity contribution in [3.63, 3.8) is 0 Å². The summed E-state index contributed by atoms with van der Waals surface area (Å²) in [6.45, 7) is 0. The molecule has 0 aromatic heterocycles. The Morgan fingerprint density at radius 1 is 1.54 bits per heavy atom. The molecule has 1 rings (SSSR count). The summed E-state index contributed by atoms with van der Waals surface area (Å²) in [7, 11) is 1.38. The Morgan fingerprint density at radius 3 is 2.77 bits per heavy atom. The molecule has 4 heteroatoms. The fourth-order valence-corrected chi connectivity index (χ4v) is 0.963. The van der Waals surface area contributed by atoms with Crippen LogP contribution in [0.3, 0.4) is 0 Å². The van der Waals surface area contributed by atoms with E-state index in [0.717, 1.165) is 0 Å². The summed E-state index contributed by atoms with van der Waals surface area (Å²) in [6.07, 6.45) is 0.606. The SMILES string of the molecule is CON=C(C=O)c1ccccc1N. The first-order valence-electron chi connectivity index (χ1n) is 3.70. The fraction of sp³-hybridized carbons (Fsp3) is 0.111. The average Bonchev–Trinajstić information content (AvgIpc) is 2.16. The lowest BCUT2D eigenvalue weighted by Gasteiger charge is -2.01. The van der Waals surface area contributed by atoms with Crippen molar-refractivity contribution in [3.05, 3.63) is 29.8 Å². The number of hydrogen-bond acceptors (Lipinski definition) is 4. The normalized spacial score (nSPS) is 11.0. The van der Waals surface area contributed by atoms with Crippen LogP contribution in [0.4, 0.5) is 5.69 Å². The molecule has 1 aromatic carbocycles. The minimum absolute atomic E-state index is 0.195. The molecular weight excluding hydrogens is 168 g/mol. The van der Waals surface area contributed by atoms with Crippen LogP contribution in [0.15, 0.2) is 29.4 Å². The Kier molecular flexibility index (Phi) is 3.03. The van der Waals surface area contributed by atoms with E-state index in [1.54, 1.807) is 24.3 Å². The van der Waals surface area contributed by atoms with E-state index in [1.807, 2.05) is 0 Å². The van der Waals surface area contributed by atoms with Crippen LogP contribution in [0, 0.1) is 0 Å². The monoisotopic (exact) mass is 178 g/mol. The zero-order valence-corrected chi connectivity index (χ0v) is 7.23. The van der Waals surface area contributed by atoms with Crippen LogP contribution >= 0.6 is 0 Å². The van der Waals surface area contributed by atoms with Gasteiger partial charge in [-0.25, -0.2) is 0 Å². The number of carbonyl (C=O) groups excluding carboxylic acids is 1. The number of nitrogens with zero attached hydrogens (tertiary/aromatic N) is 1. The van der Waals surface area contributed by atoms with Gasteiger partial charge in [0.2, 0.25) is 0 Å². The van der Waals surface area contributed by atoms with Crippen molar-refractivity contribution in [1.82, 2.24) is 0 Å². The molecule has 0 unspecified atom stereocenters. The van der Waals surface area contributed by atoms with Crippen LogP contribution in [0.1, 0.15) is 5.56 Å². The summed E-state index contributed by atoms with van der Waals surface area (Å²) in [5.74, 6) is 0. The first-order valence-corrected chi connectivity index (χ1v) is 3.70. The Morgan fingerprint density at radius 2 is 2.23 bits per heavy atom. The molecule has 0 saturated heterocycles. The summed E-state index contributed by atoms with van der Waals surface area (Å²) in [5.41, 5.74) is 6.91. The number of oxime groups is 1. The number of nitrogen functional groups attached to an aromatic ring is 1. The molecule has 0 heterocycles. The molecule has 0 aliphatic heterocycles. The van der Waals surface area contributed by atoms with Gasteiger partial charge in [0.15, 0.2) is 12.0 Å². The fourth-order valence-electron chi connectivity index (χ4n) is 0.963. The van der Waals surface area contributed by atoms with Gasteiger partial charge in [-0.3, -0.25) is 4.79 Å². The molecule has 0 aliphatic rings. The topological polar surface area (TPSA) is 64.7 Å². The molecule has 4 nitrogen and oxygen atoms in total. The zero-order valence-electron chi connectivity index (χ0n) is 7.23. The Hall–Kier alpha value is -1.84. The molecule has 13 heavy (non-hydrogen) atoms. The maximum absolute atomic E-state index is 10.6. The second-order valence-corrected chi connectivity index (χ2v) is 2.36. The molecule has 0 aliphatic carbocycles. The molecule has 0 spiro atoms. The number of carbonyl (C=O) groups is 1. The molecule has 1 aromatic rings. The molecule has 0 bridgehead atoms. The Balaban J connectivity index is 3.12. The van der Waals surface area contributed by atoms with E-state index in [4.69, 9.17) is 5.73 Å². The highest BCUT2D eigenvalue weighted by Crippen LogP contribution is 2.10. The largest absolute Gasteiger partial charge is 0.399 e. The molecule has 0 atom stereocenters. The maximum atomic E-state index is 10.6. The number of aldehydes is 1. The van der Waals surface area contributed by atoms with Gasteiger partial charge >= 0.3 is 0 Å². The number of benzene rings is 1. The van der Waals surface area contributed by atoms with E-state index in [1.165, 1.54) is 7.11 Å². The first-order chi connectivity index (χ1) is 6.29. The lowest BCUT2D eigenvalue weighted by molar-refractivity contribution is -0.102. The summed E-state index contributed by atoms with van der Waals surface area (Å²) in [4.78, 5) is 15.1. The van der Waals surface area contributed by atoms with E-state index in [0.29, 0.717) is 17.5 Å². The molecule has 68 valence electrons. The Labute approximate surface area is 76.0 Å². The van der Waals surface area contributed by atoms with Crippen LogP contribution in [0.2, 0.25) is 0 Å². The molecule has 0 radical (unpaired) electrons. The number of nitrogens with two attached hydrogens (primary N) is 1. The van der Waals surface area contributed by atoms with Gasteiger partial charge in [0.25, 0.3) is 0 Å². The second-order valence-electron chi connectivity index (χ2n) is 2.36. The highest BCUT2D eigenvalue weighted by atomic mass is 16.6.